The molecule has 0 unspecified atom stereocenters. The Hall–Kier alpha value is -2.70. The van der Waals surface area contributed by atoms with Crippen molar-refractivity contribution in [1.29, 1.82) is 0 Å². The number of benzene rings is 2. The number of ether oxygens (including phenoxy) is 1. The molecule has 0 amide bonds. The van der Waals surface area contributed by atoms with Crippen LogP contribution in [0, 0.1) is 13.8 Å². The second-order valence-corrected chi connectivity index (χ2v) is 5.36. The number of para-hydroxylation sites is 1. The Morgan fingerprint density at radius 3 is 2.38 bits per heavy atom. The minimum absolute atomic E-state index is 0.0319. The van der Waals surface area contributed by atoms with Crippen molar-refractivity contribution < 1.29 is 17.9 Å². The summed E-state index contributed by atoms with van der Waals surface area (Å²) < 4.78 is 41.1. The van der Waals surface area contributed by atoms with E-state index in [9.17, 15) is 13.2 Å². The number of hydrogen-bond acceptors (Lipinski definition) is 2. The lowest BCUT2D eigenvalue weighted by atomic mass is 10.1. The summed E-state index contributed by atoms with van der Waals surface area (Å²) in [5, 5.41) is 2.93. The zero-order valence-corrected chi connectivity index (χ0v) is 13.3. The number of alkyl halides is 3. The lowest BCUT2D eigenvalue weighted by molar-refractivity contribution is -0.274. The fourth-order valence-electron chi connectivity index (χ4n) is 2.26. The average Bonchev–Trinajstić information content (AvgIpc) is 2.43. The van der Waals surface area contributed by atoms with Crippen LogP contribution in [0.3, 0.4) is 0 Å². The molecule has 128 valence electrons. The molecular weight excluding hydrogens is 319 g/mol. The van der Waals surface area contributed by atoms with Crippen LogP contribution >= 0.6 is 0 Å². The van der Waals surface area contributed by atoms with E-state index in [0.29, 0.717) is 5.56 Å². The molecule has 0 aliphatic heterocycles. The van der Waals surface area contributed by atoms with E-state index in [4.69, 9.17) is 5.73 Å². The van der Waals surface area contributed by atoms with Crippen molar-refractivity contribution in [2.45, 2.75) is 26.8 Å². The van der Waals surface area contributed by atoms with E-state index in [0.717, 1.165) is 16.8 Å². The van der Waals surface area contributed by atoms with Crippen LogP contribution in [0.15, 0.2) is 47.5 Å². The summed E-state index contributed by atoms with van der Waals surface area (Å²) in [6.07, 6.45) is -4.75. The Morgan fingerprint density at radius 2 is 1.75 bits per heavy atom. The maximum atomic E-state index is 12.4. The molecule has 0 aliphatic carbocycles. The van der Waals surface area contributed by atoms with Gasteiger partial charge in [-0.2, -0.15) is 0 Å². The monoisotopic (exact) mass is 337 g/mol. The Labute approximate surface area is 138 Å². The van der Waals surface area contributed by atoms with Gasteiger partial charge in [0.15, 0.2) is 5.96 Å². The SMILES string of the molecule is Cc1cc(C)cc(NC(N)=NCc2ccccc2OC(F)(F)F)c1. The maximum Gasteiger partial charge on any atom is 0.573 e. The van der Waals surface area contributed by atoms with Gasteiger partial charge in [0.2, 0.25) is 0 Å². The van der Waals surface area contributed by atoms with Gasteiger partial charge in [-0.05, 0) is 43.2 Å². The Bertz CT molecular complexity index is 722. The van der Waals surface area contributed by atoms with Gasteiger partial charge in [0.25, 0.3) is 0 Å². The first kappa shape index (κ1) is 17.7. The molecule has 0 saturated heterocycles. The van der Waals surface area contributed by atoms with E-state index >= 15 is 0 Å². The average molecular weight is 337 g/mol. The fourth-order valence-corrected chi connectivity index (χ4v) is 2.26. The van der Waals surface area contributed by atoms with Crippen molar-refractivity contribution in [2.24, 2.45) is 10.7 Å². The van der Waals surface area contributed by atoms with Crippen LogP contribution in [-0.4, -0.2) is 12.3 Å². The van der Waals surface area contributed by atoms with Crippen molar-refractivity contribution in [2.75, 3.05) is 5.32 Å². The summed E-state index contributed by atoms with van der Waals surface area (Å²) in [6, 6.07) is 11.6. The molecule has 0 aromatic heterocycles. The third kappa shape index (κ3) is 5.49. The normalized spacial score (nSPS) is 12.1. The number of nitrogens with one attached hydrogen (secondary N) is 1. The van der Waals surface area contributed by atoms with Gasteiger partial charge in [0.05, 0.1) is 6.54 Å². The third-order valence-electron chi connectivity index (χ3n) is 3.11. The third-order valence-corrected chi connectivity index (χ3v) is 3.11. The molecule has 0 bridgehead atoms. The summed E-state index contributed by atoms with van der Waals surface area (Å²) in [5.74, 6) is -0.172. The van der Waals surface area contributed by atoms with E-state index in [1.807, 2.05) is 32.0 Å². The molecular formula is C17H18F3N3O. The summed E-state index contributed by atoms with van der Waals surface area (Å²) in [5.41, 5.74) is 9.00. The van der Waals surface area contributed by atoms with Gasteiger partial charge in [0.1, 0.15) is 5.75 Å². The second-order valence-electron chi connectivity index (χ2n) is 5.36. The van der Waals surface area contributed by atoms with Crippen LogP contribution in [0.1, 0.15) is 16.7 Å². The highest BCUT2D eigenvalue weighted by atomic mass is 19.4. The van der Waals surface area contributed by atoms with Gasteiger partial charge in [-0.3, -0.25) is 0 Å². The number of rotatable bonds is 4. The summed E-state index contributed by atoms with van der Waals surface area (Å²) in [4.78, 5) is 4.08. The first-order chi connectivity index (χ1) is 11.2. The van der Waals surface area contributed by atoms with E-state index in [1.54, 1.807) is 6.07 Å². The van der Waals surface area contributed by atoms with E-state index in [-0.39, 0.29) is 18.3 Å². The number of guanidine groups is 1. The van der Waals surface area contributed by atoms with Gasteiger partial charge < -0.3 is 15.8 Å². The highest BCUT2D eigenvalue weighted by molar-refractivity contribution is 5.92. The summed E-state index contributed by atoms with van der Waals surface area (Å²) in [6.45, 7) is 3.88. The maximum absolute atomic E-state index is 12.4. The Morgan fingerprint density at radius 1 is 1.12 bits per heavy atom. The molecule has 0 spiro atoms. The van der Waals surface area contributed by atoms with E-state index in [1.165, 1.54) is 18.2 Å². The van der Waals surface area contributed by atoms with Crippen LogP contribution in [0.4, 0.5) is 18.9 Å². The van der Waals surface area contributed by atoms with Gasteiger partial charge in [0, 0.05) is 11.3 Å². The molecule has 24 heavy (non-hydrogen) atoms. The molecule has 0 atom stereocenters. The molecule has 0 heterocycles. The minimum atomic E-state index is -4.75. The molecule has 0 radical (unpaired) electrons. The highest BCUT2D eigenvalue weighted by Crippen LogP contribution is 2.26. The van der Waals surface area contributed by atoms with Crippen molar-refractivity contribution in [3.63, 3.8) is 0 Å². The van der Waals surface area contributed by atoms with Crippen LogP contribution < -0.4 is 15.8 Å². The second kappa shape index (κ2) is 7.25. The zero-order valence-electron chi connectivity index (χ0n) is 13.3. The van der Waals surface area contributed by atoms with E-state index in [2.05, 4.69) is 15.0 Å². The number of hydrogen-bond donors (Lipinski definition) is 2. The van der Waals surface area contributed by atoms with Crippen molar-refractivity contribution >= 4 is 11.6 Å². The van der Waals surface area contributed by atoms with Crippen LogP contribution in [0.2, 0.25) is 0 Å². The molecule has 0 aliphatic rings. The fraction of sp³-hybridized carbons (Fsp3) is 0.235. The lowest BCUT2D eigenvalue weighted by Gasteiger charge is -2.12. The molecule has 0 fully saturated rings. The number of aryl methyl sites for hydroxylation is 2. The predicted octanol–water partition coefficient (Wildman–Crippen LogP) is 4.13. The number of nitrogens with two attached hydrogens (primary N) is 1. The first-order valence-electron chi connectivity index (χ1n) is 7.22. The largest absolute Gasteiger partial charge is 0.573 e. The van der Waals surface area contributed by atoms with Gasteiger partial charge >= 0.3 is 6.36 Å². The summed E-state index contributed by atoms with van der Waals surface area (Å²) in [7, 11) is 0. The van der Waals surface area contributed by atoms with Crippen LogP contribution in [0.5, 0.6) is 5.75 Å². The number of anilines is 1. The summed E-state index contributed by atoms with van der Waals surface area (Å²) >= 11 is 0. The van der Waals surface area contributed by atoms with Crippen LogP contribution in [-0.2, 0) is 6.54 Å². The predicted molar refractivity (Wildman–Crippen MR) is 88.0 cm³/mol. The van der Waals surface area contributed by atoms with E-state index < -0.39 is 6.36 Å². The topological polar surface area (TPSA) is 59.6 Å². The zero-order chi connectivity index (χ0) is 17.7. The number of nitrogens with zero attached hydrogens (tertiary/aromatic N) is 1. The highest BCUT2D eigenvalue weighted by Gasteiger charge is 2.31. The quantitative estimate of drug-likeness (QED) is 0.651. The minimum Gasteiger partial charge on any atom is -0.405 e. The molecule has 2 aromatic carbocycles. The number of aliphatic imine (C=N–C) groups is 1. The lowest BCUT2D eigenvalue weighted by Crippen LogP contribution is -2.23. The van der Waals surface area contributed by atoms with Gasteiger partial charge in [-0.15, -0.1) is 13.2 Å². The van der Waals surface area contributed by atoms with Crippen molar-refractivity contribution in [3.8, 4) is 5.75 Å². The van der Waals surface area contributed by atoms with Crippen LogP contribution in [0.25, 0.3) is 0 Å². The molecule has 3 N–H and O–H groups in total. The van der Waals surface area contributed by atoms with Crippen molar-refractivity contribution in [3.05, 3.63) is 59.2 Å². The Balaban J connectivity index is 2.10. The number of halogens is 3. The van der Waals surface area contributed by atoms with Gasteiger partial charge in [-0.25, -0.2) is 4.99 Å². The smallest absolute Gasteiger partial charge is 0.405 e. The molecule has 4 nitrogen and oxygen atoms in total. The standard InChI is InChI=1S/C17H18F3N3O/c1-11-7-12(2)9-14(8-11)23-16(21)22-10-13-5-3-4-6-15(13)24-17(18,19)20/h3-9H,10H2,1-2H3,(H3,21,22,23). The molecule has 2 rings (SSSR count). The van der Waals surface area contributed by atoms with Crippen molar-refractivity contribution in [1.82, 2.24) is 0 Å². The molecule has 0 saturated carbocycles. The molecule has 2 aromatic rings. The Kier molecular flexibility index (Phi) is 5.33. The first-order valence-corrected chi connectivity index (χ1v) is 7.22. The van der Waals surface area contributed by atoms with Gasteiger partial charge in [-0.1, -0.05) is 24.3 Å². The molecule has 7 heteroatoms.